The Labute approximate surface area is 217 Å². The van der Waals surface area contributed by atoms with Crippen LogP contribution in [0.15, 0.2) is 70.6 Å². The number of carbonyl (C=O) groups excluding carboxylic acids is 1. The Morgan fingerprint density at radius 2 is 1.89 bits per heavy atom. The lowest BCUT2D eigenvalue weighted by Gasteiger charge is -2.13. The van der Waals surface area contributed by atoms with Gasteiger partial charge in [-0.2, -0.15) is 0 Å². The summed E-state index contributed by atoms with van der Waals surface area (Å²) >= 11 is 7.42. The number of aliphatic imine (C=N–C) groups is 1. The van der Waals surface area contributed by atoms with Crippen molar-refractivity contribution in [3.8, 4) is 11.5 Å². The van der Waals surface area contributed by atoms with Crippen LogP contribution in [0.5, 0.6) is 11.5 Å². The smallest absolute Gasteiger partial charge is 0.269 e. The lowest BCUT2D eigenvalue weighted by atomic mass is 10.1. The highest BCUT2D eigenvalue weighted by atomic mass is 35.5. The molecule has 36 heavy (non-hydrogen) atoms. The molecule has 3 aromatic rings. The van der Waals surface area contributed by atoms with Crippen LogP contribution in [0.4, 0.5) is 11.4 Å². The molecule has 1 aliphatic rings. The molecule has 0 unspecified atom stereocenters. The van der Waals surface area contributed by atoms with Gasteiger partial charge in [0.2, 0.25) is 0 Å². The first-order valence-corrected chi connectivity index (χ1v) is 12.2. The van der Waals surface area contributed by atoms with Gasteiger partial charge < -0.3 is 14.8 Å². The molecule has 0 spiro atoms. The van der Waals surface area contributed by atoms with Crippen LogP contribution in [0.25, 0.3) is 6.08 Å². The number of halogens is 1. The second-order valence-electron chi connectivity index (χ2n) is 7.72. The first kappa shape index (κ1) is 25.3. The SMILES string of the molecule is CCOc1cc(/C=C2/SC(=Nc3cccc(Cl)c3C)NC2=O)ccc1OCc1ccc([N+](=O)[O-])cc1. The fourth-order valence-electron chi connectivity index (χ4n) is 3.34. The number of amidine groups is 1. The summed E-state index contributed by atoms with van der Waals surface area (Å²) in [5.74, 6) is 0.815. The zero-order valence-corrected chi connectivity index (χ0v) is 21.1. The summed E-state index contributed by atoms with van der Waals surface area (Å²) in [5, 5.41) is 14.7. The van der Waals surface area contributed by atoms with Crippen molar-refractivity contribution in [3.05, 3.63) is 97.4 Å². The van der Waals surface area contributed by atoms with Crippen molar-refractivity contribution in [2.75, 3.05) is 6.61 Å². The molecule has 1 N–H and O–H groups in total. The van der Waals surface area contributed by atoms with Gasteiger partial charge in [-0.1, -0.05) is 23.7 Å². The fraction of sp³-hybridized carbons (Fsp3) is 0.154. The third-order valence-corrected chi connectivity index (χ3v) is 6.54. The maximum absolute atomic E-state index is 12.5. The molecule has 1 fully saturated rings. The van der Waals surface area contributed by atoms with Crippen LogP contribution in [0.3, 0.4) is 0 Å². The van der Waals surface area contributed by atoms with E-state index in [9.17, 15) is 14.9 Å². The number of amides is 1. The van der Waals surface area contributed by atoms with Crippen molar-refractivity contribution in [3.63, 3.8) is 0 Å². The topological polar surface area (TPSA) is 103 Å². The van der Waals surface area contributed by atoms with Crippen LogP contribution in [0.2, 0.25) is 5.02 Å². The van der Waals surface area contributed by atoms with E-state index in [1.807, 2.05) is 32.0 Å². The lowest BCUT2D eigenvalue weighted by Crippen LogP contribution is -2.19. The fourth-order valence-corrected chi connectivity index (χ4v) is 4.34. The Hall–Kier alpha value is -3.82. The van der Waals surface area contributed by atoms with Gasteiger partial charge in [0, 0.05) is 17.2 Å². The molecule has 0 saturated carbocycles. The van der Waals surface area contributed by atoms with E-state index in [1.165, 1.54) is 23.9 Å². The van der Waals surface area contributed by atoms with Gasteiger partial charge in [0.25, 0.3) is 11.6 Å². The van der Waals surface area contributed by atoms with Gasteiger partial charge >= 0.3 is 0 Å². The predicted octanol–water partition coefficient (Wildman–Crippen LogP) is 6.43. The van der Waals surface area contributed by atoms with E-state index in [0.717, 1.165) is 16.7 Å². The standard InChI is InChI=1S/C26H22ClN3O5S/c1-3-34-23-13-18(9-12-22(23)35-15-17-7-10-19(11-8-17)30(32)33)14-24-25(31)29-26(36-24)28-21-6-4-5-20(27)16(21)2/h4-14H,3,15H2,1-2H3,(H,28,29,31)/b24-14+. The van der Waals surface area contributed by atoms with Gasteiger partial charge in [-0.3, -0.25) is 14.9 Å². The van der Waals surface area contributed by atoms with Gasteiger partial charge in [0.05, 0.1) is 22.1 Å². The predicted molar refractivity (Wildman–Crippen MR) is 142 cm³/mol. The van der Waals surface area contributed by atoms with E-state index in [0.29, 0.717) is 38.9 Å². The summed E-state index contributed by atoms with van der Waals surface area (Å²) in [5.41, 5.74) is 3.11. The summed E-state index contributed by atoms with van der Waals surface area (Å²) in [6.07, 6.45) is 1.76. The van der Waals surface area contributed by atoms with Crippen molar-refractivity contribution in [1.29, 1.82) is 0 Å². The van der Waals surface area contributed by atoms with Gasteiger partial charge in [0.1, 0.15) is 6.61 Å². The molecule has 0 radical (unpaired) electrons. The van der Waals surface area contributed by atoms with E-state index < -0.39 is 4.92 Å². The third-order valence-electron chi connectivity index (χ3n) is 5.22. The number of nitrogens with zero attached hydrogens (tertiary/aromatic N) is 2. The number of ether oxygens (including phenoxy) is 2. The number of benzene rings is 3. The number of nitrogens with one attached hydrogen (secondary N) is 1. The molecular formula is C26H22ClN3O5S. The number of non-ortho nitro benzene ring substituents is 1. The number of hydrogen-bond donors (Lipinski definition) is 1. The largest absolute Gasteiger partial charge is 0.490 e. The van der Waals surface area contributed by atoms with Crippen LogP contribution in [-0.4, -0.2) is 22.6 Å². The second-order valence-corrected chi connectivity index (χ2v) is 9.15. The van der Waals surface area contributed by atoms with Gasteiger partial charge in [-0.25, -0.2) is 4.99 Å². The summed E-state index contributed by atoms with van der Waals surface area (Å²) in [7, 11) is 0. The maximum atomic E-state index is 12.5. The number of nitro groups is 1. The van der Waals surface area contributed by atoms with Crippen LogP contribution in [-0.2, 0) is 11.4 Å². The first-order valence-electron chi connectivity index (χ1n) is 11.0. The van der Waals surface area contributed by atoms with Gasteiger partial charge in [-0.05, 0) is 84.8 Å². The average Bonchev–Trinajstić information content (AvgIpc) is 3.20. The van der Waals surface area contributed by atoms with E-state index in [-0.39, 0.29) is 18.2 Å². The Morgan fingerprint density at radius 1 is 1.11 bits per heavy atom. The Kier molecular flexibility index (Phi) is 7.92. The van der Waals surface area contributed by atoms with Gasteiger partial charge in [-0.15, -0.1) is 0 Å². The summed E-state index contributed by atoms with van der Waals surface area (Å²) in [4.78, 5) is 27.9. The van der Waals surface area contributed by atoms with Crippen LogP contribution in [0, 0.1) is 17.0 Å². The molecule has 1 amide bonds. The molecular weight excluding hydrogens is 502 g/mol. The van der Waals surface area contributed by atoms with Crippen molar-refractivity contribution in [1.82, 2.24) is 5.32 Å². The molecule has 3 aromatic carbocycles. The minimum absolute atomic E-state index is 0.0240. The van der Waals surface area contributed by atoms with E-state index in [4.69, 9.17) is 21.1 Å². The molecule has 0 bridgehead atoms. The van der Waals surface area contributed by atoms with E-state index in [2.05, 4.69) is 10.3 Å². The molecule has 0 aliphatic carbocycles. The maximum Gasteiger partial charge on any atom is 0.269 e. The quantitative estimate of drug-likeness (QED) is 0.207. The number of nitro benzene ring substituents is 1. The van der Waals surface area contributed by atoms with Crippen molar-refractivity contribution in [2.24, 2.45) is 4.99 Å². The third kappa shape index (κ3) is 6.05. The minimum Gasteiger partial charge on any atom is -0.490 e. The van der Waals surface area contributed by atoms with Crippen molar-refractivity contribution >= 4 is 51.9 Å². The first-order chi connectivity index (χ1) is 17.3. The van der Waals surface area contributed by atoms with E-state index >= 15 is 0 Å². The molecule has 10 heteroatoms. The highest BCUT2D eigenvalue weighted by Crippen LogP contribution is 2.34. The monoisotopic (exact) mass is 523 g/mol. The summed E-state index contributed by atoms with van der Waals surface area (Å²) < 4.78 is 11.6. The molecule has 0 aromatic heterocycles. The normalized spacial score (nSPS) is 15.2. The Balaban J connectivity index is 1.50. The molecule has 4 rings (SSSR count). The second kappa shape index (κ2) is 11.3. The Bertz CT molecular complexity index is 1370. The summed E-state index contributed by atoms with van der Waals surface area (Å²) in [6.45, 7) is 4.39. The van der Waals surface area contributed by atoms with Crippen molar-refractivity contribution in [2.45, 2.75) is 20.5 Å². The molecule has 0 atom stereocenters. The zero-order chi connectivity index (χ0) is 25.7. The average molecular weight is 524 g/mol. The molecule has 184 valence electrons. The number of carbonyl (C=O) groups is 1. The minimum atomic E-state index is -0.443. The van der Waals surface area contributed by atoms with Crippen LogP contribution in [0.1, 0.15) is 23.6 Å². The highest BCUT2D eigenvalue weighted by Gasteiger charge is 2.24. The lowest BCUT2D eigenvalue weighted by molar-refractivity contribution is -0.384. The number of thioether (sulfide) groups is 1. The molecule has 1 aliphatic heterocycles. The molecule has 8 nitrogen and oxygen atoms in total. The number of rotatable bonds is 8. The summed E-state index contributed by atoms with van der Waals surface area (Å²) in [6, 6.07) is 17.0. The molecule has 1 heterocycles. The van der Waals surface area contributed by atoms with Crippen LogP contribution >= 0.6 is 23.4 Å². The number of hydrogen-bond acceptors (Lipinski definition) is 7. The van der Waals surface area contributed by atoms with Gasteiger partial charge in [0.15, 0.2) is 16.7 Å². The van der Waals surface area contributed by atoms with E-state index in [1.54, 1.807) is 36.4 Å². The Morgan fingerprint density at radius 3 is 2.61 bits per heavy atom. The highest BCUT2D eigenvalue weighted by molar-refractivity contribution is 8.18. The van der Waals surface area contributed by atoms with Crippen molar-refractivity contribution < 1.29 is 19.2 Å². The van der Waals surface area contributed by atoms with Crippen LogP contribution < -0.4 is 14.8 Å². The zero-order valence-electron chi connectivity index (χ0n) is 19.5. The molecule has 1 saturated heterocycles.